The van der Waals surface area contributed by atoms with Crippen LogP contribution in [-0.4, -0.2) is 5.97 Å². The second kappa shape index (κ2) is 14.2. The molecule has 0 fully saturated rings. The van der Waals surface area contributed by atoms with Gasteiger partial charge in [-0.25, -0.2) is 0 Å². The Labute approximate surface area is 143 Å². The SMILES string of the molecule is CC(C)CCCCCCCCCC(=O)[O-].[K+]. The number of rotatable bonds is 10. The fourth-order valence-corrected chi connectivity index (χ4v) is 1.71. The largest absolute Gasteiger partial charge is 1.00 e. The molecule has 0 rings (SSSR count). The van der Waals surface area contributed by atoms with Gasteiger partial charge in [-0.2, -0.15) is 0 Å². The van der Waals surface area contributed by atoms with Crippen LogP contribution in [0.2, 0.25) is 0 Å². The van der Waals surface area contributed by atoms with E-state index in [2.05, 4.69) is 13.8 Å². The molecule has 0 heterocycles. The number of carboxylic acid groups (broad SMARTS) is 1. The van der Waals surface area contributed by atoms with Crippen molar-refractivity contribution < 1.29 is 61.3 Å². The van der Waals surface area contributed by atoms with Gasteiger partial charge in [0.25, 0.3) is 0 Å². The van der Waals surface area contributed by atoms with Crippen LogP contribution in [0.5, 0.6) is 0 Å². The Kier molecular flexibility index (Phi) is 17.2. The van der Waals surface area contributed by atoms with Gasteiger partial charge in [0.2, 0.25) is 0 Å². The number of carboxylic acids is 1. The minimum atomic E-state index is -0.910. The molecule has 0 bridgehead atoms. The van der Waals surface area contributed by atoms with E-state index in [9.17, 15) is 9.90 Å². The van der Waals surface area contributed by atoms with Gasteiger partial charge in [0.05, 0.1) is 0 Å². The molecule has 0 aromatic rings. The first-order valence-electron chi connectivity index (χ1n) is 6.32. The van der Waals surface area contributed by atoms with Crippen molar-refractivity contribution in [3.05, 3.63) is 0 Å². The van der Waals surface area contributed by atoms with Gasteiger partial charge < -0.3 is 9.90 Å². The van der Waals surface area contributed by atoms with Crippen LogP contribution in [0, 0.1) is 5.92 Å². The van der Waals surface area contributed by atoms with Crippen molar-refractivity contribution in [2.24, 2.45) is 5.92 Å². The molecule has 0 aromatic carbocycles. The van der Waals surface area contributed by atoms with Crippen molar-refractivity contribution >= 4 is 5.97 Å². The van der Waals surface area contributed by atoms with Crippen molar-refractivity contribution in [2.75, 3.05) is 0 Å². The number of aliphatic carboxylic acids is 1. The van der Waals surface area contributed by atoms with Gasteiger partial charge in [-0.05, 0) is 18.8 Å². The summed E-state index contributed by atoms with van der Waals surface area (Å²) in [5.74, 6) is -0.0833. The van der Waals surface area contributed by atoms with Crippen LogP contribution in [0.3, 0.4) is 0 Å². The molecule has 2 nitrogen and oxygen atoms in total. The third-order valence-corrected chi connectivity index (χ3v) is 2.66. The summed E-state index contributed by atoms with van der Waals surface area (Å²) in [6.45, 7) is 4.53. The maximum atomic E-state index is 10.1. The van der Waals surface area contributed by atoms with E-state index in [-0.39, 0.29) is 57.8 Å². The Bertz CT molecular complexity index is 158. The zero-order chi connectivity index (χ0) is 11.5. The van der Waals surface area contributed by atoms with Crippen molar-refractivity contribution in [2.45, 2.75) is 71.6 Å². The monoisotopic (exact) mass is 252 g/mol. The van der Waals surface area contributed by atoms with E-state index >= 15 is 0 Å². The molecule has 0 unspecified atom stereocenters. The molecule has 16 heavy (non-hydrogen) atoms. The molecule has 0 saturated carbocycles. The fourth-order valence-electron chi connectivity index (χ4n) is 1.71. The van der Waals surface area contributed by atoms with Crippen LogP contribution < -0.4 is 56.5 Å². The number of hydrogen-bond acceptors (Lipinski definition) is 2. The third-order valence-electron chi connectivity index (χ3n) is 2.66. The number of hydrogen-bond donors (Lipinski definition) is 0. The Morgan fingerprint density at radius 1 is 0.938 bits per heavy atom. The van der Waals surface area contributed by atoms with Crippen molar-refractivity contribution in [1.29, 1.82) is 0 Å². The molecule has 0 aliphatic rings. The van der Waals surface area contributed by atoms with Crippen LogP contribution in [0.4, 0.5) is 0 Å². The van der Waals surface area contributed by atoms with E-state index in [4.69, 9.17) is 0 Å². The molecule has 0 aromatic heterocycles. The summed E-state index contributed by atoms with van der Waals surface area (Å²) in [6.07, 6.45) is 9.80. The van der Waals surface area contributed by atoms with Crippen LogP contribution >= 0.6 is 0 Å². The number of carbonyl (C=O) groups excluding carboxylic acids is 1. The average Bonchev–Trinajstić information content (AvgIpc) is 2.14. The topological polar surface area (TPSA) is 40.1 Å². The van der Waals surface area contributed by atoms with Gasteiger partial charge in [-0.3, -0.25) is 0 Å². The fraction of sp³-hybridized carbons (Fsp3) is 0.923. The molecule has 0 N–H and O–H groups in total. The third kappa shape index (κ3) is 17.5. The van der Waals surface area contributed by atoms with E-state index in [0.717, 1.165) is 18.8 Å². The van der Waals surface area contributed by atoms with E-state index < -0.39 is 5.97 Å². The van der Waals surface area contributed by atoms with Gasteiger partial charge in [-0.1, -0.05) is 58.8 Å². The predicted molar refractivity (Wildman–Crippen MR) is 61.4 cm³/mol. The summed E-state index contributed by atoms with van der Waals surface area (Å²) < 4.78 is 0. The van der Waals surface area contributed by atoms with Gasteiger partial charge in [0.1, 0.15) is 0 Å². The Balaban J connectivity index is 0. The Morgan fingerprint density at radius 3 is 1.81 bits per heavy atom. The van der Waals surface area contributed by atoms with E-state index in [0.29, 0.717) is 0 Å². The van der Waals surface area contributed by atoms with Gasteiger partial charge in [-0.15, -0.1) is 0 Å². The number of carbonyl (C=O) groups is 1. The Morgan fingerprint density at radius 2 is 1.38 bits per heavy atom. The molecular formula is C13H25KO2. The molecule has 0 atom stereocenters. The maximum Gasteiger partial charge on any atom is 1.00 e. The molecule has 90 valence electrons. The van der Waals surface area contributed by atoms with Gasteiger partial charge in [0.15, 0.2) is 0 Å². The van der Waals surface area contributed by atoms with Crippen LogP contribution in [0.15, 0.2) is 0 Å². The molecule has 0 saturated heterocycles. The number of unbranched alkanes of at least 4 members (excludes halogenated alkanes) is 6. The van der Waals surface area contributed by atoms with Crippen molar-refractivity contribution in [3.63, 3.8) is 0 Å². The zero-order valence-electron chi connectivity index (χ0n) is 11.3. The average molecular weight is 252 g/mol. The summed E-state index contributed by atoms with van der Waals surface area (Å²) in [5.41, 5.74) is 0. The first kappa shape index (κ1) is 19.4. The minimum Gasteiger partial charge on any atom is -0.550 e. The molecule has 0 aliphatic carbocycles. The summed E-state index contributed by atoms with van der Waals surface area (Å²) >= 11 is 0. The first-order valence-corrected chi connectivity index (χ1v) is 6.32. The molecule has 0 amide bonds. The predicted octanol–water partition coefficient (Wildman–Crippen LogP) is -0.0928. The summed E-state index contributed by atoms with van der Waals surface area (Å²) in [5, 5.41) is 10.1. The van der Waals surface area contributed by atoms with Gasteiger partial charge in [0, 0.05) is 5.97 Å². The standard InChI is InChI=1S/C13H26O2.K/c1-12(2)10-8-6-4-3-5-7-9-11-13(14)15;/h12H,3-11H2,1-2H3,(H,14,15);/q;+1/p-1. The smallest absolute Gasteiger partial charge is 0.550 e. The van der Waals surface area contributed by atoms with Crippen LogP contribution in [0.1, 0.15) is 71.6 Å². The molecule has 3 heteroatoms. The second-order valence-electron chi connectivity index (χ2n) is 4.78. The maximum absolute atomic E-state index is 10.1. The van der Waals surface area contributed by atoms with Crippen molar-refractivity contribution in [3.8, 4) is 0 Å². The summed E-state index contributed by atoms with van der Waals surface area (Å²) in [6, 6.07) is 0. The quantitative estimate of drug-likeness (QED) is 0.403. The summed E-state index contributed by atoms with van der Waals surface area (Å²) in [4.78, 5) is 10.1. The first-order chi connectivity index (χ1) is 7.13. The van der Waals surface area contributed by atoms with Gasteiger partial charge >= 0.3 is 51.4 Å². The van der Waals surface area contributed by atoms with E-state index in [1.54, 1.807) is 0 Å². The minimum absolute atomic E-state index is 0. The van der Waals surface area contributed by atoms with E-state index in [1.807, 2.05) is 0 Å². The van der Waals surface area contributed by atoms with Crippen molar-refractivity contribution in [1.82, 2.24) is 0 Å². The van der Waals surface area contributed by atoms with Crippen LogP contribution in [0.25, 0.3) is 0 Å². The second-order valence-corrected chi connectivity index (χ2v) is 4.78. The molecule has 0 spiro atoms. The van der Waals surface area contributed by atoms with Crippen LogP contribution in [-0.2, 0) is 4.79 Å². The molecule has 0 aliphatic heterocycles. The Hall–Kier alpha value is 1.11. The molecular weight excluding hydrogens is 227 g/mol. The normalized spacial score (nSPS) is 10.2. The summed E-state index contributed by atoms with van der Waals surface area (Å²) in [7, 11) is 0. The molecule has 0 radical (unpaired) electrons. The van der Waals surface area contributed by atoms with E-state index in [1.165, 1.54) is 38.5 Å². The zero-order valence-corrected chi connectivity index (χ0v) is 14.4.